The van der Waals surface area contributed by atoms with E-state index in [4.69, 9.17) is 19.7 Å². The van der Waals surface area contributed by atoms with Gasteiger partial charge in [0, 0.05) is 12.0 Å². The molecule has 2 saturated heterocycles. The molecule has 2 aliphatic heterocycles. The predicted octanol–water partition coefficient (Wildman–Crippen LogP) is 2.79. The van der Waals surface area contributed by atoms with Crippen molar-refractivity contribution in [3.05, 3.63) is 11.6 Å². The molecule has 26 heavy (non-hydrogen) atoms. The number of cyclic esters (lactones) is 1. The van der Waals surface area contributed by atoms with Crippen molar-refractivity contribution in [2.24, 2.45) is 23.7 Å². The summed E-state index contributed by atoms with van der Waals surface area (Å²) in [5.74, 6) is -0.408. The van der Waals surface area contributed by atoms with Gasteiger partial charge in [-0.2, -0.15) is 0 Å². The van der Waals surface area contributed by atoms with E-state index >= 15 is 0 Å². The normalized spacial score (nSPS) is 28.7. The largest absolute Gasteiger partial charge is 0.478 e. The molecule has 2 fully saturated rings. The number of carbonyl (C=O) groups is 2. The number of aliphatic carboxylic acids is 1. The van der Waals surface area contributed by atoms with E-state index in [0.29, 0.717) is 11.8 Å². The molecule has 0 aliphatic carbocycles. The fraction of sp³-hybridized carbons (Fsp3) is 0.800. The van der Waals surface area contributed by atoms with Gasteiger partial charge in [-0.15, -0.1) is 0 Å². The van der Waals surface area contributed by atoms with Crippen LogP contribution < -0.4 is 0 Å². The van der Waals surface area contributed by atoms with Crippen LogP contribution in [-0.2, 0) is 19.1 Å². The van der Waals surface area contributed by atoms with Crippen molar-refractivity contribution in [3.8, 4) is 0 Å². The summed E-state index contributed by atoms with van der Waals surface area (Å²) in [6.07, 6.45) is 6.36. The first-order valence-corrected chi connectivity index (χ1v) is 9.67. The lowest BCUT2D eigenvalue weighted by atomic mass is 9.79. The summed E-state index contributed by atoms with van der Waals surface area (Å²) >= 11 is 0. The number of epoxide rings is 1. The molecule has 0 bridgehead atoms. The average molecular weight is 368 g/mol. The van der Waals surface area contributed by atoms with Gasteiger partial charge in [0.1, 0.15) is 12.0 Å². The molecule has 2 heterocycles. The first-order chi connectivity index (χ1) is 12.3. The van der Waals surface area contributed by atoms with E-state index in [1.54, 1.807) is 0 Å². The van der Waals surface area contributed by atoms with Gasteiger partial charge in [0.25, 0.3) is 0 Å². The molecule has 6 unspecified atom stereocenters. The van der Waals surface area contributed by atoms with E-state index in [1.165, 1.54) is 6.08 Å². The molecule has 0 aromatic carbocycles. The Balaban J connectivity index is 1.70. The molecule has 2 N–H and O–H groups in total. The van der Waals surface area contributed by atoms with E-state index in [0.717, 1.165) is 44.3 Å². The molecule has 0 saturated carbocycles. The Bertz CT molecular complexity index is 524. The highest BCUT2D eigenvalue weighted by molar-refractivity contribution is 5.80. The lowest BCUT2D eigenvalue weighted by molar-refractivity contribution is -0.189. The number of esters is 1. The van der Waals surface area contributed by atoms with Gasteiger partial charge in [-0.25, -0.2) is 4.79 Å². The molecule has 6 heteroatoms. The fourth-order valence-electron chi connectivity index (χ4n) is 4.25. The summed E-state index contributed by atoms with van der Waals surface area (Å²) in [6, 6.07) is 0. The van der Waals surface area contributed by atoms with E-state index in [2.05, 4.69) is 13.8 Å². The Morgan fingerprint density at radius 2 is 2.04 bits per heavy atom. The van der Waals surface area contributed by atoms with Gasteiger partial charge >= 0.3 is 11.9 Å². The molecule has 2 rings (SSSR count). The summed E-state index contributed by atoms with van der Waals surface area (Å²) < 4.78 is 10.5. The Kier molecular flexibility index (Phi) is 7.65. The maximum atomic E-state index is 11.1. The van der Waals surface area contributed by atoms with E-state index in [1.807, 2.05) is 6.92 Å². The third-order valence-corrected chi connectivity index (χ3v) is 5.68. The van der Waals surface area contributed by atoms with Gasteiger partial charge in [0.15, 0.2) is 0 Å². The van der Waals surface area contributed by atoms with Gasteiger partial charge < -0.3 is 19.7 Å². The second-order valence-corrected chi connectivity index (χ2v) is 7.99. The number of carbonyl (C=O) groups excluding carboxylic acids is 1. The van der Waals surface area contributed by atoms with Crippen molar-refractivity contribution >= 4 is 11.9 Å². The molecule has 2 aliphatic rings. The average Bonchev–Trinajstić information content (AvgIpc) is 3.34. The van der Waals surface area contributed by atoms with E-state index < -0.39 is 5.97 Å². The molecular formula is C20H32O6. The van der Waals surface area contributed by atoms with Crippen molar-refractivity contribution in [1.82, 2.24) is 0 Å². The lowest BCUT2D eigenvalue weighted by Gasteiger charge is -2.34. The molecule has 6 nitrogen and oxygen atoms in total. The fourth-order valence-corrected chi connectivity index (χ4v) is 4.25. The summed E-state index contributed by atoms with van der Waals surface area (Å²) in [4.78, 5) is 22.1. The summed E-state index contributed by atoms with van der Waals surface area (Å²) in [5, 5.41) is 18.1. The van der Waals surface area contributed by atoms with Crippen molar-refractivity contribution in [3.63, 3.8) is 0 Å². The van der Waals surface area contributed by atoms with Crippen LogP contribution in [0.3, 0.4) is 0 Å². The van der Waals surface area contributed by atoms with Gasteiger partial charge in [0.2, 0.25) is 0 Å². The quantitative estimate of drug-likeness (QED) is 0.238. The molecule has 0 radical (unpaired) electrons. The Morgan fingerprint density at radius 1 is 1.35 bits per heavy atom. The minimum absolute atomic E-state index is 0.109. The maximum Gasteiger partial charge on any atom is 0.328 e. The highest BCUT2D eigenvalue weighted by Crippen LogP contribution is 2.36. The van der Waals surface area contributed by atoms with Crippen LogP contribution in [0.4, 0.5) is 0 Å². The van der Waals surface area contributed by atoms with Crippen molar-refractivity contribution < 1.29 is 29.3 Å². The van der Waals surface area contributed by atoms with Crippen LogP contribution in [0.2, 0.25) is 0 Å². The highest BCUT2D eigenvalue weighted by Gasteiger charge is 2.41. The number of rotatable bonds is 12. The van der Waals surface area contributed by atoms with Crippen molar-refractivity contribution in [2.75, 3.05) is 13.2 Å². The van der Waals surface area contributed by atoms with Gasteiger partial charge in [-0.1, -0.05) is 32.3 Å². The zero-order valence-electron chi connectivity index (χ0n) is 16.0. The first kappa shape index (κ1) is 20.9. The van der Waals surface area contributed by atoms with Gasteiger partial charge in [-0.05, 0) is 38.0 Å². The zero-order valence-corrected chi connectivity index (χ0v) is 16.0. The first-order valence-electron chi connectivity index (χ1n) is 9.67. The van der Waals surface area contributed by atoms with Gasteiger partial charge in [0.05, 0.1) is 19.3 Å². The highest BCUT2D eigenvalue weighted by atomic mass is 16.6. The summed E-state index contributed by atoms with van der Waals surface area (Å²) in [7, 11) is 0. The van der Waals surface area contributed by atoms with Crippen LogP contribution in [0.5, 0.6) is 0 Å². The number of unbranched alkanes of at least 4 members (excludes halogenated alkanes) is 1. The number of carboxylic acid groups (broad SMARTS) is 1. The van der Waals surface area contributed by atoms with Crippen molar-refractivity contribution in [2.45, 2.75) is 65.1 Å². The molecule has 0 amide bonds. The van der Waals surface area contributed by atoms with E-state index in [-0.39, 0.29) is 36.6 Å². The van der Waals surface area contributed by atoms with Crippen LogP contribution >= 0.6 is 0 Å². The van der Waals surface area contributed by atoms with Crippen LogP contribution in [-0.4, -0.2) is 47.6 Å². The third kappa shape index (κ3) is 5.81. The smallest absolute Gasteiger partial charge is 0.328 e. The van der Waals surface area contributed by atoms with Crippen molar-refractivity contribution in [1.29, 1.82) is 0 Å². The number of hydrogen-bond acceptors (Lipinski definition) is 5. The van der Waals surface area contributed by atoms with Crippen LogP contribution in [0.15, 0.2) is 11.6 Å². The summed E-state index contributed by atoms with van der Waals surface area (Å²) in [6.45, 7) is 6.91. The van der Waals surface area contributed by atoms with Crippen LogP contribution in [0, 0.1) is 23.7 Å². The number of hydrogen-bond donors (Lipinski definition) is 2. The Morgan fingerprint density at radius 3 is 2.58 bits per heavy atom. The topological polar surface area (TPSA) is 96.4 Å². The molecular weight excluding hydrogens is 336 g/mol. The van der Waals surface area contributed by atoms with Gasteiger partial charge in [-0.3, -0.25) is 4.79 Å². The Labute approximate surface area is 155 Å². The van der Waals surface area contributed by atoms with E-state index in [9.17, 15) is 9.59 Å². The number of carboxylic acids is 1. The maximum absolute atomic E-state index is 11.1. The number of aliphatic hydroxyl groups is 1. The Hall–Kier alpha value is -1.40. The monoisotopic (exact) mass is 368 g/mol. The second-order valence-electron chi connectivity index (χ2n) is 7.99. The zero-order chi connectivity index (χ0) is 19.3. The minimum Gasteiger partial charge on any atom is -0.478 e. The molecule has 0 aromatic rings. The van der Waals surface area contributed by atoms with Crippen LogP contribution in [0.25, 0.3) is 0 Å². The molecule has 0 aromatic heterocycles. The molecule has 148 valence electrons. The molecule has 0 spiro atoms. The second kappa shape index (κ2) is 9.51. The minimum atomic E-state index is -0.897. The standard InChI is InChI=1S/C20H32O6/c1-12(6-4-5-7-16-15(10-21)20(24)26-16)8-13(2)19(17-11-25-17)14(3)9-18(22)23/h9,12-13,15-17,19,21H,4-8,10-11H2,1-3H3,(H,22,23)/b14-9+. The third-order valence-electron chi connectivity index (χ3n) is 5.68. The SMILES string of the molecule is C/C(=C\C(=O)O)C(C(C)CC(C)CCCCC1OC(=O)C1CO)C1CO1. The number of ether oxygens (including phenoxy) is 2. The lowest BCUT2D eigenvalue weighted by Crippen LogP contribution is -2.47. The number of aliphatic hydroxyl groups excluding tert-OH is 1. The summed E-state index contributed by atoms with van der Waals surface area (Å²) in [5.41, 5.74) is 0.890. The predicted molar refractivity (Wildman–Crippen MR) is 96.5 cm³/mol. The molecule has 6 atom stereocenters. The van der Waals surface area contributed by atoms with Crippen LogP contribution in [0.1, 0.15) is 52.9 Å².